The van der Waals surface area contributed by atoms with E-state index in [0.717, 1.165) is 5.92 Å². The fourth-order valence-corrected chi connectivity index (χ4v) is 3.39. The SMILES string of the molecule is C=CCOC(=O)c1ccc(C2CCC(CCCC)CC2)cc1. The molecule has 1 aliphatic carbocycles. The Balaban J connectivity index is 1.86. The smallest absolute Gasteiger partial charge is 0.338 e. The summed E-state index contributed by atoms with van der Waals surface area (Å²) in [5, 5.41) is 0. The summed E-state index contributed by atoms with van der Waals surface area (Å²) in [6, 6.07) is 7.98. The number of benzene rings is 1. The highest BCUT2D eigenvalue weighted by atomic mass is 16.5. The Morgan fingerprint density at radius 1 is 1.23 bits per heavy atom. The lowest BCUT2D eigenvalue weighted by Gasteiger charge is -2.28. The van der Waals surface area contributed by atoms with E-state index in [1.165, 1.54) is 50.5 Å². The summed E-state index contributed by atoms with van der Waals surface area (Å²) in [5.74, 6) is 1.33. The van der Waals surface area contributed by atoms with Gasteiger partial charge >= 0.3 is 5.97 Å². The molecule has 1 aromatic carbocycles. The van der Waals surface area contributed by atoms with E-state index in [-0.39, 0.29) is 12.6 Å². The minimum absolute atomic E-state index is 0.266. The van der Waals surface area contributed by atoms with Gasteiger partial charge in [-0.25, -0.2) is 4.79 Å². The molecule has 1 aromatic rings. The quantitative estimate of drug-likeness (QED) is 0.491. The highest BCUT2D eigenvalue weighted by Crippen LogP contribution is 2.37. The van der Waals surface area contributed by atoms with Crippen LogP contribution in [-0.2, 0) is 4.74 Å². The van der Waals surface area contributed by atoms with Crippen LogP contribution in [0.3, 0.4) is 0 Å². The first-order valence-electron chi connectivity index (χ1n) is 8.62. The van der Waals surface area contributed by atoms with Crippen molar-refractivity contribution in [2.75, 3.05) is 6.61 Å². The van der Waals surface area contributed by atoms with Crippen molar-refractivity contribution in [2.24, 2.45) is 5.92 Å². The molecule has 2 rings (SSSR count). The van der Waals surface area contributed by atoms with Crippen molar-refractivity contribution in [3.05, 3.63) is 48.0 Å². The molecule has 120 valence electrons. The molecule has 2 nitrogen and oxygen atoms in total. The summed E-state index contributed by atoms with van der Waals surface area (Å²) < 4.78 is 5.06. The molecule has 0 aromatic heterocycles. The van der Waals surface area contributed by atoms with Crippen LogP contribution in [0.2, 0.25) is 0 Å². The van der Waals surface area contributed by atoms with Gasteiger partial charge in [-0.2, -0.15) is 0 Å². The van der Waals surface area contributed by atoms with Crippen molar-refractivity contribution in [1.29, 1.82) is 0 Å². The van der Waals surface area contributed by atoms with Crippen molar-refractivity contribution in [2.45, 2.75) is 57.8 Å². The zero-order valence-electron chi connectivity index (χ0n) is 13.7. The van der Waals surface area contributed by atoms with Gasteiger partial charge in [-0.15, -0.1) is 0 Å². The lowest BCUT2D eigenvalue weighted by Crippen LogP contribution is -2.13. The molecule has 0 spiro atoms. The number of carbonyl (C=O) groups is 1. The van der Waals surface area contributed by atoms with Gasteiger partial charge in [0.2, 0.25) is 0 Å². The van der Waals surface area contributed by atoms with E-state index >= 15 is 0 Å². The second-order valence-electron chi connectivity index (χ2n) is 6.37. The molecule has 0 bridgehead atoms. The standard InChI is InChI=1S/C20H28O2/c1-3-5-6-16-7-9-17(10-8-16)18-11-13-19(14-12-18)20(21)22-15-4-2/h4,11-14,16-17H,2-3,5-10,15H2,1H3. The van der Waals surface area contributed by atoms with E-state index in [4.69, 9.17) is 4.74 Å². The number of unbranched alkanes of at least 4 members (excludes halogenated alkanes) is 1. The Labute approximate surface area is 134 Å². The van der Waals surface area contributed by atoms with Gasteiger partial charge in [0.15, 0.2) is 0 Å². The predicted molar refractivity (Wildman–Crippen MR) is 91.1 cm³/mol. The van der Waals surface area contributed by atoms with Gasteiger partial charge in [0.05, 0.1) is 5.56 Å². The molecular formula is C20H28O2. The molecule has 1 saturated carbocycles. The Morgan fingerprint density at radius 2 is 1.91 bits per heavy atom. The second kappa shape index (κ2) is 8.77. The molecule has 2 heteroatoms. The third-order valence-corrected chi connectivity index (χ3v) is 4.76. The van der Waals surface area contributed by atoms with E-state index in [9.17, 15) is 4.79 Å². The monoisotopic (exact) mass is 300 g/mol. The minimum Gasteiger partial charge on any atom is -0.458 e. The van der Waals surface area contributed by atoms with E-state index in [1.54, 1.807) is 6.08 Å². The number of esters is 1. The van der Waals surface area contributed by atoms with Gasteiger partial charge in [0, 0.05) is 0 Å². The molecule has 22 heavy (non-hydrogen) atoms. The maximum Gasteiger partial charge on any atom is 0.338 e. The van der Waals surface area contributed by atoms with Gasteiger partial charge in [0.25, 0.3) is 0 Å². The van der Waals surface area contributed by atoms with Crippen molar-refractivity contribution in [3.63, 3.8) is 0 Å². The van der Waals surface area contributed by atoms with Crippen LogP contribution in [0.15, 0.2) is 36.9 Å². The molecule has 0 amide bonds. The van der Waals surface area contributed by atoms with Crippen LogP contribution in [-0.4, -0.2) is 12.6 Å². The average Bonchev–Trinajstić information content (AvgIpc) is 2.58. The number of ether oxygens (including phenoxy) is 1. The van der Waals surface area contributed by atoms with Gasteiger partial charge < -0.3 is 4.74 Å². The summed E-state index contributed by atoms with van der Waals surface area (Å²) in [7, 11) is 0. The molecule has 0 heterocycles. The van der Waals surface area contributed by atoms with Crippen molar-refractivity contribution < 1.29 is 9.53 Å². The number of carbonyl (C=O) groups excluding carboxylic acids is 1. The maximum atomic E-state index is 11.8. The molecule has 0 radical (unpaired) electrons. The van der Waals surface area contributed by atoms with Crippen LogP contribution in [0.4, 0.5) is 0 Å². The van der Waals surface area contributed by atoms with Gasteiger partial charge in [-0.1, -0.05) is 51.0 Å². The Morgan fingerprint density at radius 3 is 2.50 bits per heavy atom. The van der Waals surface area contributed by atoms with Gasteiger partial charge in [-0.05, 0) is 55.2 Å². The molecule has 0 atom stereocenters. The number of hydrogen-bond donors (Lipinski definition) is 0. The molecular weight excluding hydrogens is 272 g/mol. The highest BCUT2D eigenvalue weighted by Gasteiger charge is 2.22. The van der Waals surface area contributed by atoms with E-state index in [0.29, 0.717) is 11.5 Å². The first kappa shape index (κ1) is 16.8. The van der Waals surface area contributed by atoms with Crippen molar-refractivity contribution >= 4 is 5.97 Å². The van der Waals surface area contributed by atoms with Crippen LogP contribution in [0.5, 0.6) is 0 Å². The Bertz CT molecular complexity index is 467. The topological polar surface area (TPSA) is 26.3 Å². The zero-order chi connectivity index (χ0) is 15.8. The van der Waals surface area contributed by atoms with Crippen LogP contribution >= 0.6 is 0 Å². The number of hydrogen-bond acceptors (Lipinski definition) is 2. The first-order valence-corrected chi connectivity index (χ1v) is 8.62. The lowest BCUT2D eigenvalue weighted by molar-refractivity contribution is 0.0549. The largest absolute Gasteiger partial charge is 0.458 e. The summed E-state index contributed by atoms with van der Waals surface area (Å²) in [6.07, 6.45) is 11.0. The molecule has 1 fully saturated rings. The highest BCUT2D eigenvalue weighted by molar-refractivity contribution is 5.89. The van der Waals surface area contributed by atoms with E-state index in [2.05, 4.69) is 25.6 Å². The Kier molecular flexibility index (Phi) is 6.70. The van der Waals surface area contributed by atoms with Crippen molar-refractivity contribution in [3.8, 4) is 0 Å². The normalized spacial score (nSPS) is 21.3. The first-order chi connectivity index (χ1) is 10.7. The fraction of sp³-hybridized carbons (Fsp3) is 0.550. The third-order valence-electron chi connectivity index (χ3n) is 4.76. The van der Waals surface area contributed by atoms with Gasteiger partial charge in [-0.3, -0.25) is 0 Å². The summed E-state index contributed by atoms with van der Waals surface area (Å²) in [4.78, 5) is 11.8. The van der Waals surface area contributed by atoms with Crippen LogP contribution in [0.25, 0.3) is 0 Å². The zero-order valence-corrected chi connectivity index (χ0v) is 13.7. The average molecular weight is 300 g/mol. The third kappa shape index (κ3) is 4.72. The van der Waals surface area contributed by atoms with Crippen LogP contribution in [0, 0.1) is 5.92 Å². The second-order valence-corrected chi connectivity index (χ2v) is 6.37. The molecule has 0 saturated heterocycles. The molecule has 0 unspecified atom stereocenters. The minimum atomic E-state index is -0.269. The molecule has 0 N–H and O–H groups in total. The number of rotatable bonds is 7. The van der Waals surface area contributed by atoms with Crippen molar-refractivity contribution in [1.82, 2.24) is 0 Å². The fourth-order valence-electron chi connectivity index (χ4n) is 3.39. The van der Waals surface area contributed by atoms with Gasteiger partial charge in [0.1, 0.15) is 6.61 Å². The lowest BCUT2D eigenvalue weighted by atomic mass is 9.77. The summed E-state index contributed by atoms with van der Waals surface area (Å²) >= 11 is 0. The van der Waals surface area contributed by atoms with Crippen LogP contribution < -0.4 is 0 Å². The van der Waals surface area contributed by atoms with E-state index < -0.39 is 0 Å². The summed E-state index contributed by atoms with van der Waals surface area (Å²) in [5.41, 5.74) is 2.00. The molecule has 0 aliphatic heterocycles. The van der Waals surface area contributed by atoms with E-state index in [1.807, 2.05) is 12.1 Å². The molecule has 1 aliphatic rings. The predicted octanol–water partition coefficient (Wildman–Crippen LogP) is 5.49. The van der Waals surface area contributed by atoms with Crippen LogP contribution in [0.1, 0.15) is 73.7 Å². The Hall–Kier alpha value is -1.57. The maximum absolute atomic E-state index is 11.8. The summed E-state index contributed by atoms with van der Waals surface area (Å²) in [6.45, 7) is 6.09.